The summed E-state index contributed by atoms with van der Waals surface area (Å²) in [5.41, 5.74) is 5.76. The number of rotatable bonds is 11. The lowest BCUT2D eigenvalue weighted by Gasteiger charge is -2.50. The monoisotopic (exact) mass is 698 g/mol. The molecule has 1 aliphatic carbocycles. The Labute approximate surface area is 278 Å². The number of carboxylic acids is 1. The van der Waals surface area contributed by atoms with Gasteiger partial charge in [0.15, 0.2) is 29.2 Å². The topological polar surface area (TPSA) is 235 Å². The Balaban J connectivity index is 1.12. The average Bonchev–Trinajstić information content (AvgIpc) is 3.73. The first-order valence-electron chi connectivity index (χ1n) is 14.0. The number of hydrogen-bond acceptors (Lipinski definition) is 16. The molecule has 20 heteroatoms. The van der Waals surface area contributed by atoms with Crippen molar-refractivity contribution in [2.24, 2.45) is 12.2 Å². The molecule has 3 aromatic heterocycles. The number of carbonyl (C=O) groups is 3. The van der Waals surface area contributed by atoms with Gasteiger partial charge in [-0.2, -0.15) is 14.3 Å². The van der Waals surface area contributed by atoms with Crippen LogP contribution < -0.4 is 26.3 Å². The van der Waals surface area contributed by atoms with E-state index in [1.165, 1.54) is 28.2 Å². The van der Waals surface area contributed by atoms with Crippen LogP contribution in [0.2, 0.25) is 0 Å². The zero-order valence-corrected chi connectivity index (χ0v) is 27.0. The number of carboxylic acid groups (broad SMARTS) is 1. The Morgan fingerprint density at radius 2 is 2.09 bits per heavy atom. The number of pyridine rings is 1. The highest BCUT2D eigenvalue weighted by molar-refractivity contribution is 8.00. The minimum atomic E-state index is -1.50. The van der Waals surface area contributed by atoms with Crippen molar-refractivity contribution in [1.29, 1.82) is 0 Å². The normalized spacial score (nSPS) is 20.6. The highest BCUT2D eigenvalue weighted by Gasteiger charge is 2.53. The minimum Gasteiger partial charge on any atom is -0.543 e. The molecule has 1 saturated heterocycles. The number of nitrogens with zero attached hydrogens (tertiary/aromatic N) is 8. The molecule has 5 heterocycles. The summed E-state index contributed by atoms with van der Waals surface area (Å²) in [6, 6.07) is 2.63. The van der Waals surface area contributed by atoms with Crippen LogP contribution in [0.4, 0.5) is 5.13 Å². The van der Waals surface area contributed by atoms with Crippen molar-refractivity contribution in [3.63, 3.8) is 0 Å². The number of fused-ring (bicyclic) bond motifs is 1. The fourth-order valence-corrected chi connectivity index (χ4v) is 7.58. The van der Waals surface area contributed by atoms with E-state index in [2.05, 4.69) is 29.9 Å². The Morgan fingerprint density at radius 3 is 2.77 bits per heavy atom. The molecule has 3 atom stereocenters. The van der Waals surface area contributed by atoms with Crippen LogP contribution in [0, 0.1) is 0 Å². The predicted octanol–water partition coefficient (Wildman–Crippen LogP) is -1.56. The molecule has 244 valence electrons. The lowest BCUT2D eigenvalue weighted by Crippen LogP contribution is -2.71. The second-order valence-electron chi connectivity index (χ2n) is 10.5. The van der Waals surface area contributed by atoms with Crippen molar-refractivity contribution < 1.29 is 34.0 Å². The molecule has 0 saturated carbocycles. The van der Waals surface area contributed by atoms with E-state index in [1.54, 1.807) is 24.0 Å². The molecule has 2 aliphatic heterocycles. The molecule has 2 amide bonds. The number of aliphatic carboxylic acids is 1. The molecule has 0 bridgehead atoms. The number of nitrogens with two attached hydrogens (primary N) is 1. The fraction of sp³-hybridized carbons (Fsp3) is 0.333. The van der Waals surface area contributed by atoms with Crippen molar-refractivity contribution >= 4 is 63.7 Å². The number of aromatic hydroxyl groups is 1. The minimum absolute atomic E-state index is 0.0502. The predicted molar refractivity (Wildman–Crippen MR) is 166 cm³/mol. The van der Waals surface area contributed by atoms with E-state index in [-0.39, 0.29) is 40.8 Å². The maximum Gasteiger partial charge on any atom is 0.336 e. The van der Waals surface area contributed by atoms with Gasteiger partial charge >= 0.3 is 5.56 Å². The second-order valence-corrected chi connectivity index (χ2v) is 13.3. The molecule has 47 heavy (non-hydrogen) atoms. The van der Waals surface area contributed by atoms with Crippen LogP contribution in [0.5, 0.6) is 5.88 Å². The number of amides is 2. The summed E-state index contributed by atoms with van der Waals surface area (Å²) in [7, 11) is 1.56. The van der Waals surface area contributed by atoms with Crippen LogP contribution in [0.1, 0.15) is 24.2 Å². The Hall–Kier alpha value is -4.82. The lowest BCUT2D eigenvalue weighted by atomic mass is 10.0. The highest BCUT2D eigenvalue weighted by Crippen LogP contribution is 2.40. The quantitative estimate of drug-likeness (QED) is 0.0513. The lowest BCUT2D eigenvalue weighted by molar-refractivity contribution is -0.689. The number of thioether (sulfide) groups is 2. The first-order chi connectivity index (χ1) is 22.6. The number of aromatic nitrogens is 6. The summed E-state index contributed by atoms with van der Waals surface area (Å²) in [6.07, 6.45) is 8.48. The van der Waals surface area contributed by atoms with Gasteiger partial charge in [-0.1, -0.05) is 23.0 Å². The van der Waals surface area contributed by atoms with Crippen LogP contribution in [0.25, 0.3) is 0 Å². The highest BCUT2D eigenvalue weighted by atomic mass is 32.2. The van der Waals surface area contributed by atoms with Crippen LogP contribution in [0.3, 0.4) is 0 Å². The number of nitrogen functional groups attached to an aromatic ring is 1. The summed E-state index contributed by atoms with van der Waals surface area (Å²) >= 11 is 3.44. The van der Waals surface area contributed by atoms with E-state index in [0.29, 0.717) is 22.9 Å². The van der Waals surface area contributed by atoms with Crippen LogP contribution in [-0.2, 0) is 38.6 Å². The molecule has 0 aromatic carbocycles. The number of hydrogen-bond donors (Lipinski definition) is 3. The SMILES string of the molecule is Cn1nc(O)c(=O)nc1SCc1cc[n+](CC2=C(C(=O)[O-])N3C(=O)C(NC(=O)C(=NOC4C=CCC4)c4nsc(N)n4)[C@@H]3SC2)cc1. The molecule has 0 radical (unpaired) electrons. The molecule has 2 unspecified atom stereocenters. The molecular formula is C27H26N10O7S3. The first kappa shape index (κ1) is 32.1. The number of carbonyl (C=O) groups excluding carboxylic acids is 3. The zero-order valence-electron chi connectivity index (χ0n) is 24.5. The summed E-state index contributed by atoms with van der Waals surface area (Å²) in [5.74, 6) is -2.87. The van der Waals surface area contributed by atoms with Crippen LogP contribution >= 0.6 is 35.1 Å². The van der Waals surface area contributed by atoms with E-state index in [4.69, 9.17) is 10.6 Å². The average molecular weight is 699 g/mol. The third-order valence-corrected chi connectivity index (χ3v) is 10.2. The molecule has 4 N–H and O–H groups in total. The number of anilines is 1. The van der Waals surface area contributed by atoms with Crippen molar-refractivity contribution in [1.82, 2.24) is 34.3 Å². The van der Waals surface area contributed by atoms with Crippen molar-refractivity contribution in [2.45, 2.75) is 47.8 Å². The van der Waals surface area contributed by atoms with Crippen molar-refractivity contribution in [3.05, 3.63) is 69.7 Å². The van der Waals surface area contributed by atoms with E-state index in [1.807, 2.05) is 24.3 Å². The van der Waals surface area contributed by atoms with E-state index in [9.17, 15) is 29.4 Å². The summed E-state index contributed by atoms with van der Waals surface area (Å²) in [4.78, 5) is 64.9. The molecule has 3 aromatic rings. The van der Waals surface area contributed by atoms with Crippen molar-refractivity contribution in [2.75, 3.05) is 11.5 Å². The van der Waals surface area contributed by atoms with Gasteiger partial charge in [0.1, 0.15) is 17.5 Å². The molecule has 3 aliphatic rings. The number of oxime groups is 1. The van der Waals surface area contributed by atoms with Gasteiger partial charge in [-0.05, 0) is 24.5 Å². The smallest absolute Gasteiger partial charge is 0.336 e. The fourth-order valence-electron chi connectivity index (χ4n) is 4.95. The van der Waals surface area contributed by atoms with Gasteiger partial charge in [-0.25, -0.2) is 9.25 Å². The maximum atomic E-state index is 13.3. The van der Waals surface area contributed by atoms with Gasteiger partial charge in [0.25, 0.3) is 17.7 Å². The van der Waals surface area contributed by atoms with Crippen LogP contribution in [0.15, 0.2) is 63.1 Å². The Bertz CT molecular complexity index is 1890. The molecular weight excluding hydrogens is 673 g/mol. The van der Waals surface area contributed by atoms with Gasteiger partial charge in [0, 0.05) is 47.8 Å². The summed E-state index contributed by atoms with van der Waals surface area (Å²) in [5, 5.41) is 31.8. The third-order valence-electron chi connectivity index (χ3n) is 7.26. The summed E-state index contributed by atoms with van der Waals surface area (Å²) in [6.45, 7) is 0.176. The first-order valence-corrected chi connectivity index (χ1v) is 16.8. The maximum absolute atomic E-state index is 13.3. The van der Waals surface area contributed by atoms with Crippen LogP contribution in [-0.4, -0.2) is 80.9 Å². The molecule has 1 fully saturated rings. The second kappa shape index (κ2) is 13.5. The molecule has 6 rings (SSSR count). The van der Waals surface area contributed by atoms with E-state index < -0.39 is 40.6 Å². The van der Waals surface area contributed by atoms with Gasteiger partial charge < -0.3 is 30.9 Å². The van der Waals surface area contributed by atoms with E-state index in [0.717, 1.165) is 28.4 Å². The Morgan fingerprint density at radius 1 is 1.30 bits per heavy atom. The zero-order chi connectivity index (χ0) is 33.2. The number of allylic oxidation sites excluding steroid dienone is 1. The molecule has 17 nitrogen and oxygen atoms in total. The summed E-state index contributed by atoms with van der Waals surface area (Å²) < 4.78 is 7.13. The van der Waals surface area contributed by atoms with Crippen molar-refractivity contribution in [3.8, 4) is 5.88 Å². The van der Waals surface area contributed by atoms with Gasteiger partial charge in [0.05, 0.1) is 11.7 Å². The van der Waals surface area contributed by atoms with Gasteiger partial charge in [-0.3, -0.25) is 19.3 Å². The molecule has 0 spiro atoms. The Kier molecular flexibility index (Phi) is 9.23. The largest absolute Gasteiger partial charge is 0.543 e. The number of nitrogens with one attached hydrogen (secondary N) is 1. The standard InChI is InChI=1S/C27H26N10O7S3/c1-35-27(31-21(39)22(40)32-35)46-11-13-6-8-36(9-7-13)10-14-12-45-24-17(23(41)37(24)18(14)25(42)43)29-20(38)16(19-30-26(28)47-34-19)33-44-15-4-2-3-5-15/h2,4,6-9,15,17,24H,3,5,10-12H2,1H3,(H4-,28,29,30,32,34,38,40,42,43)/t15?,17?,24-/m0/s1. The van der Waals surface area contributed by atoms with E-state index >= 15 is 0 Å². The number of β-lactam (4-membered cyclic amide) rings is 1. The van der Waals surface area contributed by atoms with Gasteiger partial charge in [0.2, 0.25) is 11.5 Å². The number of aryl methyl sites for hydroxylation is 1. The third kappa shape index (κ3) is 6.83. The van der Waals surface area contributed by atoms with Gasteiger partial charge in [-0.15, -0.1) is 16.9 Å².